The van der Waals surface area contributed by atoms with Crippen molar-refractivity contribution in [3.05, 3.63) is 69.4 Å². The molecule has 1 N–H and O–H groups in total. The van der Waals surface area contributed by atoms with Crippen LogP contribution in [0.1, 0.15) is 34.9 Å². The molecule has 0 radical (unpaired) electrons. The third-order valence-corrected chi connectivity index (χ3v) is 4.92. The zero-order valence-corrected chi connectivity index (χ0v) is 13.7. The van der Waals surface area contributed by atoms with E-state index in [-0.39, 0.29) is 5.82 Å². The Morgan fingerprint density at radius 2 is 1.76 bits per heavy atom. The summed E-state index contributed by atoms with van der Waals surface area (Å²) in [6.45, 7) is 3.84. The Balaban J connectivity index is 1.94. The number of aryl methyl sites for hydroxylation is 1. The molecule has 3 rings (SSSR count). The molecule has 0 aliphatic carbocycles. The molecular weight excluding hydrogens is 329 g/mol. The van der Waals surface area contributed by atoms with E-state index in [2.05, 4.69) is 45.5 Å². The summed E-state index contributed by atoms with van der Waals surface area (Å²) in [6, 6.07) is 14.1. The second kappa shape index (κ2) is 6.29. The molecule has 0 aromatic heterocycles. The Morgan fingerprint density at radius 3 is 2.48 bits per heavy atom. The van der Waals surface area contributed by atoms with Crippen LogP contribution in [-0.2, 0) is 0 Å². The Bertz CT molecular complexity index is 624. The maximum atomic E-state index is 13.5. The van der Waals surface area contributed by atoms with Crippen LogP contribution in [0, 0.1) is 12.7 Å². The normalized spacial score (nSPS) is 22.2. The zero-order chi connectivity index (χ0) is 14.8. The van der Waals surface area contributed by atoms with E-state index in [1.807, 2.05) is 19.1 Å². The first-order valence-electron chi connectivity index (χ1n) is 7.37. The molecule has 1 saturated heterocycles. The van der Waals surface area contributed by atoms with Crippen LogP contribution >= 0.6 is 15.9 Å². The number of hydrogen-bond acceptors (Lipinski definition) is 1. The highest BCUT2D eigenvalue weighted by molar-refractivity contribution is 9.10. The first-order valence-corrected chi connectivity index (χ1v) is 8.16. The van der Waals surface area contributed by atoms with Gasteiger partial charge < -0.3 is 5.32 Å². The lowest BCUT2D eigenvalue weighted by Gasteiger charge is -2.33. The second-order valence-electron chi connectivity index (χ2n) is 5.77. The van der Waals surface area contributed by atoms with Crippen LogP contribution in [0.25, 0.3) is 0 Å². The molecule has 2 aromatic carbocycles. The van der Waals surface area contributed by atoms with Gasteiger partial charge in [0, 0.05) is 16.9 Å². The molecule has 1 aliphatic heterocycles. The lowest BCUT2D eigenvalue weighted by Crippen LogP contribution is -2.34. The lowest BCUT2D eigenvalue weighted by molar-refractivity contribution is 0.403. The van der Waals surface area contributed by atoms with Crippen molar-refractivity contribution in [1.82, 2.24) is 5.32 Å². The van der Waals surface area contributed by atoms with Crippen molar-refractivity contribution in [2.45, 2.75) is 25.2 Å². The zero-order valence-electron chi connectivity index (χ0n) is 12.1. The Labute approximate surface area is 133 Å². The van der Waals surface area contributed by atoms with Gasteiger partial charge in [-0.2, -0.15) is 0 Å². The maximum Gasteiger partial charge on any atom is 0.126 e. The van der Waals surface area contributed by atoms with Crippen molar-refractivity contribution in [1.29, 1.82) is 0 Å². The SMILES string of the molecule is Cc1cc(C2CCNCC2c2ccc(Br)cc2)ccc1F. The van der Waals surface area contributed by atoms with Crippen molar-refractivity contribution in [3.63, 3.8) is 0 Å². The number of hydrogen-bond donors (Lipinski definition) is 1. The predicted molar refractivity (Wildman–Crippen MR) is 88.2 cm³/mol. The highest BCUT2D eigenvalue weighted by Crippen LogP contribution is 2.38. The smallest absolute Gasteiger partial charge is 0.126 e. The average molecular weight is 348 g/mol. The first-order chi connectivity index (χ1) is 10.1. The molecule has 1 fully saturated rings. The van der Waals surface area contributed by atoms with E-state index in [4.69, 9.17) is 0 Å². The summed E-state index contributed by atoms with van der Waals surface area (Å²) >= 11 is 3.49. The number of halogens is 2. The van der Waals surface area contributed by atoms with Gasteiger partial charge in [-0.3, -0.25) is 0 Å². The van der Waals surface area contributed by atoms with Crippen LogP contribution in [0.4, 0.5) is 4.39 Å². The fourth-order valence-electron chi connectivity index (χ4n) is 3.22. The molecule has 21 heavy (non-hydrogen) atoms. The van der Waals surface area contributed by atoms with Gasteiger partial charge in [0.15, 0.2) is 0 Å². The van der Waals surface area contributed by atoms with Crippen LogP contribution in [0.15, 0.2) is 46.9 Å². The van der Waals surface area contributed by atoms with Gasteiger partial charge in [-0.15, -0.1) is 0 Å². The van der Waals surface area contributed by atoms with Gasteiger partial charge in [-0.25, -0.2) is 4.39 Å². The molecule has 1 heterocycles. The summed E-state index contributed by atoms with van der Waals surface area (Å²) in [4.78, 5) is 0. The fraction of sp³-hybridized carbons (Fsp3) is 0.333. The van der Waals surface area contributed by atoms with Gasteiger partial charge in [-0.05, 0) is 60.7 Å². The summed E-state index contributed by atoms with van der Waals surface area (Å²) in [7, 11) is 0. The van der Waals surface area contributed by atoms with E-state index in [1.54, 1.807) is 6.07 Å². The van der Waals surface area contributed by atoms with E-state index in [0.29, 0.717) is 11.8 Å². The minimum Gasteiger partial charge on any atom is -0.316 e. The highest BCUT2D eigenvalue weighted by atomic mass is 79.9. The number of piperidine rings is 1. The molecule has 0 bridgehead atoms. The molecule has 3 heteroatoms. The molecule has 2 aromatic rings. The Morgan fingerprint density at radius 1 is 1.05 bits per heavy atom. The topological polar surface area (TPSA) is 12.0 Å². The molecule has 110 valence electrons. The van der Waals surface area contributed by atoms with E-state index in [1.165, 1.54) is 11.1 Å². The largest absolute Gasteiger partial charge is 0.316 e. The Kier molecular flexibility index (Phi) is 4.41. The van der Waals surface area contributed by atoms with E-state index >= 15 is 0 Å². The average Bonchev–Trinajstić information content (AvgIpc) is 2.51. The monoisotopic (exact) mass is 347 g/mol. The van der Waals surface area contributed by atoms with Crippen LogP contribution in [-0.4, -0.2) is 13.1 Å². The van der Waals surface area contributed by atoms with Crippen LogP contribution < -0.4 is 5.32 Å². The minimum absolute atomic E-state index is 0.118. The summed E-state index contributed by atoms with van der Waals surface area (Å²) in [5.41, 5.74) is 3.33. The molecule has 1 nitrogen and oxygen atoms in total. The molecule has 2 atom stereocenters. The van der Waals surface area contributed by atoms with E-state index in [9.17, 15) is 4.39 Å². The molecule has 0 spiro atoms. The van der Waals surface area contributed by atoms with Gasteiger partial charge in [-0.1, -0.05) is 40.2 Å². The second-order valence-corrected chi connectivity index (χ2v) is 6.68. The van der Waals surface area contributed by atoms with Crippen LogP contribution in [0.2, 0.25) is 0 Å². The quantitative estimate of drug-likeness (QED) is 0.825. The van der Waals surface area contributed by atoms with Crippen LogP contribution in [0.3, 0.4) is 0 Å². The third-order valence-electron chi connectivity index (χ3n) is 4.39. The summed E-state index contributed by atoms with van der Waals surface area (Å²) in [5, 5.41) is 3.49. The van der Waals surface area contributed by atoms with Gasteiger partial charge in [0.25, 0.3) is 0 Å². The van der Waals surface area contributed by atoms with Crippen molar-refractivity contribution < 1.29 is 4.39 Å². The standard InChI is InChI=1S/C18H19BrFN/c1-12-10-14(4-7-18(12)20)16-8-9-21-11-17(16)13-2-5-15(19)6-3-13/h2-7,10,16-17,21H,8-9,11H2,1H3. The van der Waals surface area contributed by atoms with E-state index < -0.39 is 0 Å². The number of benzene rings is 2. The van der Waals surface area contributed by atoms with Crippen molar-refractivity contribution in [3.8, 4) is 0 Å². The van der Waals surface area contributed by atoms with Crippen LogP contribution in [0.5, 0.6) is 0 Å². The maximum absolute atomic E-state index is 13.5. The lowest BCUT2D eigenvalue weighted by atomic mass is 9.77. The van der Waals surface area contributed by atoms with Gasteiger partial charge in [0.2, 0.25) is 0 Å². The molecule has 0 saturated carbocycles. The summed E-state index contributed by atoms with van der Waals surface area (Å²) < 4.78 is 14.6. The summed E-state index contributed by atoms with van der Waals surface area (Å²) in [5.74, 6) is 0.774. The number of nitrogens with one attached hydrogen (secondary N) is 1. The first kappa shape index (κ1) is 14.7. The Hall–Kier alpha value is -1.19. The van der Waals surface area contributed by atoms with Crippen molar-refractivity contribution in [2.75, 3.05) is 13.1 Å². The number of rotatable bonds is 2. The molecule has 0 amide bonds. The van der Waals surface area contributed by atoms with E-state index in [0.717, 1.165) is 29.5 Å². The van der Waals surface area contributed by atoms with Gasteiger partial charge in [0.1, 0.15) is 5.82 Å². The highest BCUT2D eigenvalue weighted by Gasteiger charge is 2.27. The molecular formula is C18H19BrFN. The third kappa shape index (κ3) is 3.19. The fourth-order valence-corrected chi connectivity index (χ4v) is 3.48. The minimum atomic E-state index is -0.118. The predicted octanol–water partition coefficient (Wildman–Crippen LogP) is 4.76. The summed E-state index contributed by atoms with van der Waals surface area (Å²) in [6.07, 6.45) is 1.09. The van der Waals surface area contributed by atoms with Crippen molar-refractivity contribution in [2.24, 2.45) is 0 Å². The molecule has 1 aliphatic rings. The van der Waals surface area contributed by atoms with Gasteiger partial charge in [0.05, 0.1) is 0 Å². The van der Waals surface area contributed by atoms with Crippen molar-refractivity contribution >= 4 is 15.9 Å². The molecule has 2 unspecified atom stereocenters. The van der Waals surface area contributed by atoms with Gasteiger partial charge >= 0.3 is 0 Å².